The molecule has 1 unspecified atom stereocenters. The van der Waals surface area contributed by atoms with Crippen LogP contribution in [0.4, 0.5) is 0 Å². The van der Waals surface area contributed by atoms with E-state index in [2.05, 4.69) is 5.32 Å². The van der Waals surface area contributed by atoms with E-state index in [9.17, 15) is 9.90 Å². The lowest BCUT2D eigenvalue weighted by Gasteiger charge is -2.32. The summed E-state index contributed by atoms with van der Waals surface area (Å²) in [6, 6.07) is 6.68. The van der Waals surface area contributed by atoms with Gasteiger partial charge in [0.15, 0.2) is 0 Å². The predicted octanol–water partition coefficient (Wildman–Crippen LogP) is 0.726. The summed E-state index contributed by atoms with van der Waals surface area (Å²) in [7, 11) is 1.58. The van der Waals surface area contributed by atoms with Crippen LogP contribution < -0.4 is 10.1 Å². The van der Waals surface area contributed by atoms with Crippen molar-refractivity contribution in [1.82, 2.24) is 10.2 Å². The summed E-state index contributed by atoms with van der Waals surface area (Å²) in [6.45, 7) is 3.14. The predicted molar refractivity (Wildman–Crippen MR) is 67.8 cm³/mol. The van der Waals surface area contributed by atoms with Gasteiger partial charge < -0.3 is 15.2 Å². The van der Waals surface area contributed by atoms with Crippen LogP contribution in [0.5, 0.6) is 5.75 Å². The van der Waals surface area contributed by atoms with Gasteiger partial charge in [-0.2, -0.15) is 0 Å². The van der Waals surface area contributed by atoms with Gasteiger partial charge in [0.1, 0.15) is 11.8 Å². The molecule has 5 nitrogen and oxygen atoms in total. The van der Waals surface area contributed by atoms with Gasteiger partial charge in [0.25, 0.3) is 0 Å². The van der Waals surface area contributed by atoms with Crippen molar-refractivity contribution in [3.8, 4) is 5.75 Å². The fourth-order valence-corrected chi connectivity index (χ4v) is 2.26. The number of hydrogen-bond donors (Lipinski definition) is 2. The fourth-order valence-electron chi connectivity index (χ4n) is 2.26. The molecule has 2 N–H and O–H groups in total. The van der Waals surface area contributed by atoms with E-state index >= 15 is 0 Å². The van der Waals surface area contributed by atoms with Crippen LogP contribution in [0.25, 0.3) is 0 Å². The first kappa shape index (κ1) is 12.9. The van der Waals surface area contributed by atoms with E-state index in [1.165, 1.54) is 0 Å². The molecule has 1 aromatic carbocycles. The molecule has 0 amide bonds. The van der Waals surface area contributed by atoms with Crippen molar-refractivity contribution in [3.63, 3.8) is 0 Å². The maximum atomic E-state index is 11.5. The molecule has 0 spiro atoms. The van der Waals surface area contributed by atoms with E-state index in [0.717, 1.165) is 31.7 Å². The Bertz CT molecular complexity index is 416. The van der Waals surface area contributed by atoms with Crippen molar-refractivity contribution >= 4 is 5.97 Å². The molecule has 1 aromatic rings. The smallest absolute Gasteiger partial charge is 0.325 e. The number of nitrogens with one attached hydrogen (secondary N) is 1. The number of nitrogens with zero attached hydrogens (tertiary/aromatic N) is 1. The van der Waals surface area contributed by atoms with Gasteiger partial charge in [-0.15, -0.1) is 0 Å². The zero-order chi connectivity index (χ0) is 13.0. The zero-order valence-corrected chi connectivity index (χ0v) is 10.4. The minimum Gasteiger partial charge on any atom is -0.497 e. The van der Waals surface area contributed by atoms with Crippen molar-refractivity contribution in [1.29, 1.82) is 0 Å². The van der Waals surface area contributed by atoms with Crippen LogP contribution in [0.1, 0.15) is 11.6 Å². The molecule has 1 saturated heterocycles. The third-order valence-corrected chi connectivity index (χ3v) is 3.16. The minimum absolute atomic E-state index is 0.595. The maximum absolute atomic E-state index is 11.5. The van der Waals surface area contributed by atoms with Crippen molar-refractivity contribution in [2.24, 2.45) is 0 Å². The number of methoxy groups -OCH3 is 1. The standard InChI is InChI=1S/C13H18N2O3/c1-18-11-4-2-3-10(9-11)12(13(16)17)15-7-5-14-6-8-15/h2-4,9,12,14H,5-8H2,1H3,(H,16,17). The van der Waals surface area contributed by atoms with Crippen molar-refractivity contribution in [3.05, 3.63) is 29.8 Å². The Morgan fingerprint density at radius 3 is 2.78 bits per heavy atom. The second-order valence-corrected chi connectivity index (χ2v) is 4.30. The number of hydrogen-bond acceptors (Lipinski definition) is 4. The van der Waals surface area contributed by atoms with Gasteiger partial charge in [0.05, 0.1) is 7.11 Å². The van der Waals surface area contributed by atoms with E-state index in [4.69, 9.17) is 4.74 Å². The molecule has 0 radical (unpaired) electrons. The molecule has 1 fully saturated rings. The molecule has 1 heterocycles. The van der Waals surface area contributed by atoms with Crippen LogP contribution in [-0.2, 0) is 4.79 Å². The lowest BCUT2D eigenvalue weighted by Crippen LogP contribution is -2.47. The molecule has 18 heavy (non-hydrogen) atoms. The highest BCUT2D eigenvalue weighted by atomic mass is 16.5. The number of ether oxygens (including phenoxy) is 1. The van der Waals surface area contributed by atoms with Crippen LogP contribution >= 0.6 is 0 Å². The molecule has 2 rings (SSSR count). The summed E-state index contributed by atoms with van der Waals surface area (Å²) in [5.74, 6) is -0.126. The Kier molecular flexibility index (Phi) is 4.17. The average molecular weight is 250 g/mol. The SMILES string of the molecule is COc1cccc(C(C(=O)O)N2CCNCC2)c1. The first-order valence-corrected chi connectivity index (χ1v) is 6.04. The number of benzene rings is 1. The number of carboxylic acid groups (broad SMARTS) is 1. The lowest BCUT2D eigenvalue weighted by atomic mass is 10.0. The Morgan fingerprint density at radius 1 is 1.44 bits per heavy atom. The molecule has 1 aliphatic heterocycles. The van der Waals surface area contributed by atoms with Crippen LogP contribution in [0.3, 0.4) is 0 Å². The molecule has 0 aromatic heterocycles. The summed E-state index contributed by atoms with van der Waals surface area (Å²) in [5.41, 5.74) is 0.767. The topological polar surface area (TPSA) is 61.8 Å². The highest BCUT2D eigenvalue weighted by Gasteiger charge is 2.28. The van der Waals surface area contributed by atoms with Crippen molar-refractivity contribution < 1.29 is 14.6 Å². The van der Waals surface area contributed by atoms with Crippen LogP contribution in [-0.4, -0.2) is 49.3 Å². The van der Waals surface area contributed by atoms with Crippen LogP contribution in [0.15, 0.2) is 24.3 Å². The highest BCUT2D eigenvalue weighted by Crippen LogP contribution is 2.24. The Labute approximate surface area is 106 Å². The van der Waals surface area contributed by atoms with Crippen LogP contribution in [0, 0.1) is 0 Å². The molecular formula is C13H18N2O3. The van der Waals surface area contributed by atoms with Gasteiger partial charge in [-0.05, 0) is 17.7 Å². The van der Waals surface area contributed by atoms with Gasteiger partial charge in [0.2, 0.25) is 0 Å². The van der Waals surface area contributed by atoms with Crippen molar-refractivity contribution in [2.45, 2.75) is 6.04 Å². The fraction of sp³-hybridized carbons (Fsp3) is 0.462. The van der Waals surface area contributed by atoms with E-state index in [1.807, 2.05) is 23.1 Å². The number of aliphatic carboxylic acids is 1. The summed E-state index contributed by atoms with van der Waals surface area (Å²) in [5, 5.41) is 12.7. The first-order valence-electron chi connectivity index (χ1n) is 6.04. The van der Waals surface area contributed by atoms with Gasteiger partial charge in [-0.25, -0.2) is 0 Å². The van der Waals surface area contributed by atoms with Crippen LogP contribution in [0.2, 0.25) is 0 Å². The second-order valence-electron chi connectivity index (χ2n) is 4.30. The van der Waals surface area contributed by atoms with Gasteiger partial charge in [0, 0.05) is 26.2 Å². The third-order valence-electron chi connectivity index (χ3n) is 3.16. The highest BCUT2D eigenvalue weighted by molar-refractivity contribution is 5.75. The van der Waals surface area contributed by atoms with E-state index in [-0.39, 0.29) is 0 Å². The molecule has 98 valence electrons. The molecule has 1 atom stereocenters. The molecule has 5 heteroatoms. The number of piperazine rings is 1. The maximum Gasteiger partial charge on any atom is 0.325 e. The molecule has 1 aliphatic rings. The van der Waals surface area contributed by atoms with Gasteiger partial charge >= 0.3 is 5.97 Å². The minimum atomic E-state index is -0.815. The zero-order valence-electron chi connectivity index (χ0n) is 10.4. The molecule has 0 aliphatic carbocycles. The van der Waals surface area contributed by atoms with Crippen molar-refractivity contribution in [2.75, 3.05) is 33.3 Å². The van der Waals surface area contributed by atoms with E-state index < -0.39 is 12.0 Å². The molecule has 0 saturated carbocycles. The number of rotatable bonds is 4. The van der Waals surface area contributed by atoms with Gasteiger partial charge in [-0.1, -0.05) is 12.1 Å². The summed E-state index contributed by atoms with van der Waals surface area (Å²) < 4.78 is 5.15. The Morgan fingerprint density at radius 2 is 2.17 bits per heavy atom. The van der Waals surface area contributed by atoms with E-state index in [0.29, 0.717) is 5.75 Å². The van der Waals surface area contributed by atoms with Gasteiger partial charge in [-0.3, -0.25) is 9.69 Å². The molecular weight excluding hydrogens is 232 g/mol. The average Bonchev–Trinajstić information content (AvgIpc) is 2.40. The third kappa shape index (κ3) is 2.80. The number of carbonyl (C=O) groups is 1. The Hall–Kier alpha value is -1.59. The van der Waals surface area contributed by atoms with E-state index in [1.54, 1.807) is 13.2 Å². The summed E-state index contributed by atoms with van der Waals surface area (Å²) in [4.78, 5) is 13.5. The first-order chi connectivity index (χ1) is 8.72. The Balaban J connectivity index is 2.25. The summed E-state index contributed by atoms with van der Waals surface area (Å²) in [6.07, 6.45) is 0. The quantitative estimate of drug-likeness (QED) is 0.824. The monoisotopic (exact) mass is 250 g/mol. The second kappa shape index (κ2) is 5.84. The summed E-state index contributed by atoms with van der Waals surface area (Å²) >= 11 is 0. The lowest BCUT2D eigenvalue weighted by molar-refractivity contribution is -0.143. The number of carboxylic acids is 1. The molecule has 0 bridgehead atoms. The normalized spacial score (nSPS) is 18.3. The largest absolute Gasteiger partial charge is 0.497 e.